The van der Waals surface area contributed by atoms with E-state index in [1.165, 1.54) is 18.2 Å². The first kappa shape index (κ1) is 22.7. The summed E-state index contributed by atoms with van der Waals surface area (Å²) in [7, 11) is 0. The number of amides is 2. The van der Waals surface area contributed by atoms with Crippen molar-refractivity contribution in [3.8, 4) is 5.75 Å². The summed E-state index contributed by atoms with van der Waals surface area (Å²) in [6, 6.07) is 10.0. The molecule has 7 nitrogen and oxygen atoms in total. The minimum Gasteiger partial charge on any atom is -0.487 e. The number of nitro benzene ring substituents is 1. The number of non-ortho nitro benzene ring substituents is 1. The van der Waals surface area contributed by atoms with Crippen molar-refractivity contribution in [3.63, 3.8) is 0 Å². The molecule has 10 heteroatoms. The predicted octanol–water partition coefficient (Wildman–Crippen LogP) is 5.61. The molecule has 0 unspecified atom stereocenters. The molecule has 0 bridgehead atoms. The second-order valence-electron chi connectivity index (χ2n) is 6.11. The number of ether oxygens (including phenoxy) is 1. The highest BCUT2D eigenvalue weighted by Crippen LogP contribution is 2.35. The monoisotopic (exact) mass is 648 g/mol. The lowest BCUT2D eigenvalue weighted by Crippen LogP contribution is -2.27. The molecule has 0 atom stereocenters. The van der Waals surface area contributed by atoms with E-state index in [-0.39, 0.29) is 30.0 Å². The predicted molar refractivity (Wildman–Crippen MR) is 132 cm³/mol. The SMILES string of the molecule is C=CCN1C(=O)S/C(=C/c2cc(I)c(OCc3cccc([N+](=O)[O-])c3)c(I)c2)C1=O. The molecule has 30 heavy (non-hydrogen) atoms. The van der Waals surface area contributed by atoms with E-state index in [0.29, 0.717) is 16.2 Å². The molecule has 2 aromatic carbocycles. The van der Waals surface area contributed by atoms with Gasteiger partial charge in [-0.15, -0.1) is 6.58 Å². The zero-order valence-corrected chi connectivity index (χ0v) is 20.5. The standard InChI is InChI=1S/C20H14I2N2O5S/c1-2-6-23-19(25)17(30-20(23)26)10-13-8-15(21)18(16(22)9-13)29-11-12-4-3-5-14(7-12)24(27)28/h2-5,7-10H,1,6,11H2/b17-10+. The topological polar surface area (TPSA) is 89.8 Å². The number of hydrogen-bond donors (Lipinski definition) is 0. The van der Waals surface area contributed by atoms with E-state index in [4.69, 9.17) is 4.74 Å². The van der Waals surface area contributed by atoms with Crippen LogP contribution in [-0.4, -0.2) is 27.5 Å². The molecular weight excluding hydrogens is 634 g/mol. The summed E-state index contributed by atoms with van der Waals surface area (Å²) in [4.78, 5) is 36.3. The van der Waals surface area contributed by atoms with Crippen LogP contribution in [0.1, 0.15) is 11.1 Å². The van der Waals surface area contributed by atoms with Crippen LogP contribution in [0.4, 0.5) is 10.5 Å². The third-order valence-corrected chi connectivity index (χ3v) is 6.52. The fourth-order valence-electron chi connectivity index (χ4n) is 2.65. The second-order valence-corrected chi connectivity index (χ2v) is 9.43. The largest absolute Gasteiger partial charge is 0.487 e. The van der Waals surface area contributed by atoms with E-state index < -0.39 is 4.92 Å². The van der Waals surface area contributed by atoms with Crippen molar-refractivity contribution < 1.29 is 19.2 Å². The molecule has 1 fully saturated rings. The number of benzene rings is 2. The third kappa shape index (κ3) is 5.21. The summed E-state index contributed by atoms with van der Waals surface area (Å²) in [6.07, 6.45) is 3.20. The molecule has 1 heterocycles. The number of halogens is 2. The van der Waals surface area contributed by atoms with Gasteiger partial charge in [-0.3, -0.25) is 24.6 Å². The van der Waals surface area contributed by atoms with E-state index >= 15 is 0 Å². The maximum absolute atomic E-state index is 12.4. The number of rotatable bonds is 7. The van der Waals surface area contributed by atoms with Gasteiger partial charge in [0.25, 0.3) is 16.8 Å². The van der Waals surface area contributed by atoms with Crippen molar-refractivity contribution in [2.24, 2.45) is 0 Å². The Morgan fingerprint density at radius 1 is 1.20 bits per heavy atom. The molecule has 2 amide bonds. The van der Waals surface area contributed by atoms with Gasteiger partial charge in [0, 0.05) is 18.7 Å². The molecule has 0 spiro atoms. The van der Waals surface area contributed by atoms with Crippen LogP contribution in [0.25, 0.3) is 6.08 Å². The fourth-order valence-corrected chi connectivity index (χ4v) is 5.63. The quantitative estimate of drug-likeness (QED) is 0.128. The van der Waals surface area contributed by atoms with Gasteiger partial charge in [-0.05, 0) is 86.3 Å². The lowest BCUT2D eigenvalue weighted by Gasteiger charge is -2.12. The lowest BCUT2D eigenvalue weighted by atomic mass is 10.2. The van der Waals surface area contributed by atoms with Crippen molar-refractivity contribution in [1.82, 2.24) is 4.90 Å². The molecule has 0 radical (unpaired) electrons. The molecule has 0 saturated carbocycles. The molecule has 1 saturated heterocycles. The van der Waals surface area contributed by atoms with E-state index in [0.717, 1.165) is 29.4 Å². The zero-order chi connectivity index (χ0) is 21.8. The van der Waals surface area contributed by atoms with Gasteiger partial charge in [-0.2, -0.15) is 0 Å². The van der Waals surface area contributed by atoms with E-state index in [2.05, 4.69) is 51.8 Å². The van der Waals surface area contributed by atoms with Gasteiger partial charge in [0.15, 0.2) is 0 Å². The van der Waals surface area contributed by atoms with Crippen LogP contribution >= 0.6 is 56.9 Å². The first-order valence-electron chi connectivity index (χ1n) is 8.51. The summed E-state index contributed by atoms with van der Waals surface area (Å²) in [6.45, 7) is 3.93. The van der Waals surface area contributed by atoms with Crippen LogP contribution in [0.5, 0.6) is 5.75 Å². The van der Waals surface area contributed by atoms with Crippen molar-refractivity contribution >= 4 is 79.9 Å². The average Bonchev–Trinajstić information content (AvgIpc) is 2.95. The summed E-state index contributed by atoms with van der Waals surface area (Å²) >= 11 is 5.17. The molecule has 1 aliphatic rings. The number of imide groups is 1. The Labute approximate surface area is 204 Å². The second kappa shape index (κ2) is 9.92. The molecule has 0 aromatic heterocycles. The molecular formula is C20H14I2N2O5S. The molecule has 3 rings (SSSR count). The van der Waals surface area contributed by atoms with Crippen molar-refractivity contribution in [2.75, 3.05) is 6.54 Å². The molecule has 2 aromatic rings. The highest BCUT2D eigenvalue weighted by atomic mass is 127. The maximum Gasteiger partial charge on any atom is 0.293 e. The average molecular weight is 648 g/mol. The Bertz CT molecular complexity index is 1060. The number of nitrogens with zero attached hydrogens (tertiary/aromatic N) is 2. The Hall–Kier alpha value is -1.93. The Balaban J connectivity index is 1.78. The highest BCUT2D eigenvalue weighted by Gasteiger charge is 2.34. The highest BCUT2D eigenvalue weighted by molar-refractivity contribution is 14.1. The van der Waals surface area contributed by atoms with E-state index in [9.17, 15) is 19.7 Å². The van der Waals surface area contributed by atoms with Gasteiger partial charge < -0.3 is 4.74 Å². The Kier molecular flexibility index (Phi) is 7.52. The zero-order valence-electron chi connectivity index (χ0n) is 15.3. The van der Waals surface area contributed by atoms with Crippen LogP contribution in [0.15, 0.2) is 54.0 Å². The molecule has 0 N–H and O–H groups in total. The van der Waals surface area contributed by atoms with Crippen LogP contribution in [0.3, 0.4) is 0 Å². The van der Waals surface area contributed by atoms with Crippen molar-refractivity contribution in [2.45, 2.75) is 6.61 Å². The number of nitro groups is 1. The normalized spacial score (nSPS) is 15.0. The number of carbonyl (C=O) groups is 2. The molecule has 0 aliphatic carbocycles. The van der Waals surface area contributed by atoms with Crippen LogP contribution in [-0.2, 0) is 11.4 Å². The van der Waals surface area contributed by atoms with Crippen LogP contribution in [0.2, 0.25) is 0 Å². The first-order chi connectivity index (χ1) is 14.3. The summed E-state index contributed by atoms with van der Waals surface area (Å²) in [5.41, 5.74) is 1.48. The van der Waals surface area contributed by atoms with Gasteiger partial charge in [-0.1, -0.05) is 18.2 Å². The fraction of sp³-hybridized carbons (Fsp3) is 0.100. The smallest absolute Gasteiger partial charge is 0.293 e. The van der Waals surface area contributed by atoms with Gasteiger partial charge in [0.2, 0.25) is 0 Å². The number of hydrogen-bond acceptors (Lipinski definition) is 6. The van der Waals surface area contributed by atoms with Gasteiger partial charge in [0.05, 0.1) is 17.0 Å². The van der Waals surface area contributed by atoms with Gasteiger partial charge in [0.1, 0.15) is 12.4 Å². The first-order valence-corrected chi connectivity index (χ1v) is 11.5. The number of carbonyl (C=O) groups excluding carboxylic acids is 2. The van der Waals surface area contributed by atoms with Crippen molar-refractivity contribution in [1.29, 1.82) is 0 Å². The van der Waals surface area contributed by atoms with Crippen molar-refractivity contribution in [3.05, 3.63) is 82.3 Å². The van der Waals surface area contributed by atoms with E-state index in [1.807, 2.05) is 12.1 Å². The Morgan fingerprint density at radius 3 is 2.53 bits per heavy atom. The lowest BCUT2D eigenvalue weighted by molar-refractivity contribution is -0.384. The van der Waals surface area contributed by atoms with Crippen LogP contribution < -0.4 is 4.74 Å². The summed E-state index contributed by atoms with van der Waals surface area (Å²) < 4.78 is 7.54. The molecule has 154 valence electrons. The van der Waals surface area contributed by atoms with Gasteiger partial charge in [-0.25, -0.2) is 0 Å². The minimum absolute atomic E-state index is 0.0150. The third-order valence-electron chi connectivity index (χ3n) is 4.01. The maximum atomic E-state index is 12.4. The van der Waals surface area contributed by atoms with Gasteiger partial charge >= 0.3 is 0 Å². The van der Waals surface area contributed by atoms with E-state index in [1.54, 1.807) is 18.2 Å². The summed E-state index contributed by atoms with van der Waals surface area (Å²) in [5, 5.41) is 10.6. The summed E-state index contributed by atoms with van der Waals surface area (Å²) in [5.74, 6) is 0.320. The molecule has 1 aliphatic heterocycles. The minimum atomic E-state index is -0.442. The Morgan fingerprint density at radius 2 is 1.90 bits per heavy atom. The van der Waals surface area contributed by atoms with Crippen LogP contribution in [0, 0.1) is 17.3 Å². The number of thioether (sulfide) groups is 1.